The Kier molecular flexibility index (Phi) is 4.46. The largest absolute Gasteiger partial charge is 0.480 e. The first-order valence-corrected chi connectivity index (χ1v) is 7.58. The summed E-state index contributed by atoms with van der Waals surface area (Å²) in [6.45, 7) is 7.21. The first kappa shape index (κ1) is 17.7. The second kappa shape index (κ2) is 6.07. The normalized spacial score (nSPS) is 14.8. The van der Waals surface area contributed by atoms with Gasteiger partial charge in [-0.15, -0.1) is 0 Å². The lowest BCUT2D eigenvalue weighted by atomic mass is 9.90. The van der Waals surface area contributed by atoms with Crippen LogP contribution in [0.2, 0.25) is 0 Å². The van der Waals surface area contributed by atoms with Crippen molar-refractivity contribution in [1.82, 2.24) is 4.90 Å². The fraction of sp³-hybridized carbons (Fsp3) is 0.412. The minimum absolute atomic E-state index is 0.202. The standard InChI is InChI=1S/C17H20N2O5/c1-7-8(2)10(4)14-13(9(7)3)15(21)19(16(14)22)11(17(23)24)5-6-12(18)20/h11H,5-6H2,1-4H3,(H2,18,20)(H,23,24). The molecule has 24 heavy (non-hydrogen) atoms. The van der Waals surface area contributed by atoms with Crippen molar-refractivity contribution >= 4 is 23.7 Å². The summed E-state index contributed by atoms with van der Waals surface area (Å²) in [6, 6.07) is -1.41. The number of primary amides is 1. The quantitative estimate of drug-likeness (QED) is 0.786. The molecular weight excluding hydrogens is 312 g/mol. The molecule has 0 aliphatic carbocycles. The van der Waals surface area contributed by atoms with Crippen LogP contribution in [0.1, 0.15) is 55.8 Å². The Morgan fingerprint density at radius 3 is 1.71 bits per heavy atom. The van der Waals surface area contributed by atoms with E-state index in [0.717, 1.165) is 16.0 Å². The number of hydrogen-bond acceptors (Lipinski definition) is 4. The van der Waals surface area contributed by atoms with Crippen molar-refractivity contribution in [3.8, 4) is 0 Å². The number of benzene rings is 1. The van der Waals surface area contributed by atoms with Crippen LogP contribution in [0.15, 0.2) is 0 Å². The average Bonchev–Trinajstić information content (AvgIpc) is 2.75. The lowest BCUT2D eigenvalue weighted by molar-refractivity contribution is -0.141. The molecule has 1 aliphatic rings. The van der Waals surface area contributed by atoms with Crippen molar-refractivity contribution < 1.29 is 24.3 Å². The zero-order valence-electron chi connectivity index (χ0n) is 14.1. The molecule has 0 spiro atoms. The number of imide groups is 1. The number of carbonyl (C=O) groups excluding carboxylic acids is 3. The average molecular weight is 332 g/mol. The van der Waals surface area contributed by atoms with Gasteiger partial charge in [0.25, 0.3) is 11.8 Å². The first-order chi connectivity index (χ1) is 11.1. The topological polar surface area (TPSA) is 118 Å². The van der Waals surface area contributed by atoms with Gasteiger partial charge in [-0.05, 0) is 56.4 Å². The molecule has 0 saturated carbocycles. The number of nitrogens with two attached hydrogens (primary N) is 1. The molecule has 0 fully saturated rings. The monoisotopic (exact) mass is 332 g/mol. The van der Waals surface area contributed by atoms with E-state index in [1.807, 2.05) is 13.8 Å². The number of nitrogens with zero attached hydrogens (tertiary/aromatic N) is 1. The summed E-state index contributed by atoms with van der Waals surface area (Å²) in [4.78, 5) is 48.8. The summed E-state index contributed by atoms with van der Waals surface area (Å²) in [5.74, 6) is -3.28. The highest BCUT2D eigenvalue weighted by atomic mass is 16.4. The zero-order chi connectivity index (χ0) is 18.3. The van der Waals surface area contributed by atoms with Crippen LogP contribution >= 0.6 is 0 Å². The van der Waals surface area contributed by atoms with Gasteiger partial charge in [0.05, 0.1) is 11.1 Å². The molecule has 0 bridgehead atoms. The van der Waals surface area contributed by atoms with Crippen LogP contribution in [0.4, 0.5) is 0 Å². The SMILES string of the molecule is Cc1c(C)c(C)c2c(c1C)C(=O)N(C(CCC(N)=O)C(=O)O)C2=O. The molecule has 1 heterocycles. The number of carboxylic acid groups (broad SMARTS) is 1. The van der Waals surface area contributed by atoms with E-state index in [4.69, 9.17) is 5.73 Å². The van der Waals surface area contributed by atoms with E-state index in [0.29, 0.717) is 11.1 Å². The predicted octanol–water partition coefficient (Wildman–Crippen LogP) is 1.23. The van der Waals surface area contributed by atoms with Crippen molar-refractivity contribution in [2.45, 2.75) is 46.6 Å². The van der Waals surface area contributed by atoms with E-state index in [-0.39, 0.29) is 24.0 Å². The Morgan fingerprint density at radius 2 is 1.38 bits per heavy atom. The maximum Gasteiger partial charge on any atom is 0.326 e. The van der Waals surface area contributed by atoms with Gasteiger partial charge >= 0.3 is 5.97 Å². The third-order valence-electron chi connectivity index (χ3n) is 4.81. The predicted molar refractivity (Wildman–Crippen MR) is 85.7 cm³/mol. The van der Waals surface area contributed by atoms with E-state index in [9.17, 15) is 24.3 Å². The Hall–Kier alpha value is -2.70. The van der Waals surface area contributed by atoms with Gasteiger partial charge in [-0.3, -0.25) is 19.3 Å². The van der Waals surface area contributed by atoms with Gasteiger partial charge in [-0.2, -0.15) is 0 Å². The molecule has 7 nitrogen and oxygen atoms in total. The van der Waals surface area contributed by atoms with Crippen LogP contribution in [0.3, 0.4) is 0 Å². The summed E-state index contributed by atoms with van der Waals surface area (Å²) >= 11 is 0. The third kappa shape index (κ3) is 2.55. The number of amides is 3. The van der Waals surface area contributed by atoms with Crippen molar-refractivity contribution in [3.05, 3.63) is 33.4 Å². The molecule has 0 aromatic heterocycles. The Morgan fingerprint density at radius 1 is 0.958 bits per heavy atom. The third-order valence-corrected chi connectivity index (χ3v) is 4.81. The number of aliphatic carboxylic acids is 1. The highest BCUT2D eigenvalue weighted by Crippen LogP contribution is 2.34. The van der Waals surface area contributed by atoms with Gasteiger partial charge in [-0.25, -0.2) is 4.79 Å². The molecule has 7 heteroatoms. The summed E-state index contributed by atoms with van der Waals surface area (Å²) in [5, 5.41) is 9.41. The number of hydrogen-bond donors (Lipinski definition) is 2. The molecule has 1 atom stereocenters. The second-order valence-electron chi connectivity index (χ2n) is 6.09. The summed E-state index contributed by atoms with van der Waals surface area (Å²) in [5.41, 5.74) is 8.72. The summed E-state index contributed by atoms with van der Waals surface area (Å²) in [6.07, 6.45) is -0.424. The number of fused-ring (bicyclic) bond motifs is 1. The minimum Gasteiger partial charge on any atom is -0.480 e. The smallest absolute Gasteiger partial charge is 0.326 e. The first-order valence-electron chi connectivity index (χ1n) is 7.58. The van der Waals surface area contributed by atoms with Gasteiger partial charge in [0.1, 0.15) is 6.04 Å². The van der Waals surface area contributed by atoms with Crippen molar-refractivity contribution in [2.24, 2.45) is 5.73 Å². The van der Waals surface area contributed by atoms with Crippen LogP contribution in [0.5, 0.6) is 0 Å². The molecule has 3 amide bonds. The lowest BCUT2D eigenvalue weighted by Gasteiger charge is -2.22. The van der Waals surface area contributed by atoms with Gasteiger partial charge < -0.3 is 10.8 Å². The molecule has 1 unspecified atom stereocenters. The highest BCUT2D eigenvalue weighted by Gasteiger charge is 2.45. The molecule has 0 radical (unpaired) electrons. The van der Waals surface area contributed by atoms with E-state index < -0.39 is 29.7 Å². The van der Waals surface area contributed by atoms with Crippen LogP contribution in [0, 0.1) is 27.7 Å². The van der Waals surface area contributed by atoms with Gasteiger partial charge in [0.15, 0.2) is 0 Å². The van der Waals surface area contributed by atoms with E-state index in [2.05, 4.69) is 0 Å². The molecular formula is C17H20N2O5. The van der Waals surface area contributed by atoms with E-state index >= 15 is 0 Å². The molecule has 1 aliphatic heterocycles. The number of rotatable bonds is 5. The molecule has 3 N–H and O–H groups in total. The Balaban J connectivity index is 2.57. The Bertz CT molecular complexity index is 735. The maximum absolute atomic E-state index is 12.8. The van der Waals surface area contributed by atoms with Crippen LogP contribution in [0.25, 0.3) is 0 Å². The highest BCUT2D eigenvalue weighted by molar-refractivity contribution is 6.24. The van der Waals surface area contributed by atoms with Gasteiger partial charge in [0, 0.05) is 6.42 Å². The molecule has 128 valence electrons. The van der Waals surface area contributed by atoms with E-state index in [1.54, 1.807) is 13.8 Å². The molecule has 0 saturated heterocycles. The van der Waals surface area contributed by atoms with Gasteiger partial charge in [0.2, 0.25) is 5.91 Å². The van der Waals surface area contributed by atoms with Crippen LogP contribution in [-0.4, -0.2) is 39.7 Å². The Labute approximate surface area is 139 Å². The van der Waals surface area contributed by atoms with E-state index in [1.165, 1.54) is 0 Å². The lowest BCUT2D eigenvalue weighted by Crippen LogP contribution is -2.45. The fourth-order valence-corrected chi connectivity index (χ4v) is 3.11. The molecule has 2 rings (SSSR count). The zero-order valence-corrected chi connectivity index (χ0v) is 14.1. The summed E-state index contributed by atoms with van der Waals surface area (Å²) < 4.78 is 0. The summed E-state index contributed by atoms with van der Waals surface area (Å²) in [7, 11) is 0. The van der Waals surface area contributed by atoms with Crippen LogP contribution in [-0.2, 0) is 9.59 Å². The van der Waals surface area contributed by atoms with Gasteiger partial charge in [-0.1, -0.05) is 0 Å². The molecule has 1 aromatic carbocycles. The number of carboxylic acids is 1. The molecule has 1 aromatic rings. The number of carbonyl (C=O) groups is 4. The van der Waals surface area contributed by atoms with Crippen molar-refractivity contribution in [3.63, 3.8) is 0 Å². The van der Waals surface area contributed by atoms with Crippen LogP contribution < -0.4 is 5.73 Å². The maximum atomic E-state index is 12.8. The second-order valence-corrected chi connectivity index (χ2v) is 6.09. The van der Waals surface area contributed by atoms with Crippen molar-refractivity contribution in [2.75, 3.05) is 0 Å². The fourth-order valence-electron chi connectivity index (χ4n) is 3.11. The minimum atomic E-state index is -1.41. The van der Waals surface area contributed by atoms with Crippen molar-refractivity contribution in [1.29, 1.82) is 0 Å².